The molecule has 35 heavy (non-hydrogen) atoms. The zero-order valence-electron chi connectivity index (χ0n) is 21.0. The second-order valence-corrected chi connectivity index (χ2v) is 11.1. The van der Waals surface area contributed by atoms with Gasteiger partial charge in [0, 0.05) is 18.8 Å². The Morgan fingerprint density at radius 1 is 1.34 bits per heavy atom. The van der Waals surface area contributed by atoms with Crippen molar-refractivity contribution in [3.8, 4) is 17.1 Å². The highest BCUT2D eigenvalue weighted by Gasteiger charge is 2.33. The van der Waals surface area contributed by atoms with Gasteiger partial charge in [-0.3, -0.25) is 9.48 Å². The maximum Gasteiger partial charge on any atom is 0.388 e. The lowest BCUT2D eigenvalue weighted by Gasteiger charge is -2.34. The summed E-state index contributed by atoms with van der Waals surface area (Å²) >= 11 is 6.59. The van der Waals surface area contributed by atoms with Crippen molar-refractivity contribution in [3.05, 3.63) is 28.5 Å². The fourth-order valence-corrected chi connectivity index (χ4v) is 4.67. The van der Waals surface area contributed by atoms with E-state index in [1.54, 1.807) is 19.1 Å². The third-order valence-electron chi connectivity index (χ3n) is 6.28. The molecule has 1 amide bonds. The van der Waals surface area contributed by atoms with Gasteiger partial charge in [0.25, 0.3) is 5.91 Å². The number of nitrogens with zero attached hydrogens (tertiary/aromatic N) is 3. The Morgan fingerprint density at radius 3 is 2.57 bits per heavy atom. The summed E-state index contributed by atoms with van der Waals surface area (Å²) in [5.74, 6) is -0.253. The lowest BCUT2D eigenvalue weighted by Crippen LogP contribution is -2.45. The Morgan fingerprint density at radius 2 is 2.00 bits per heavy atom. The van der Waals surface area contributed by atoms with E-state index in [2.05, 4.69) is 22.3 Å². The molecule has 0 saturated heterocycles. The highest BCUT2D eigenvalue weighted by atomic mass is 35.5. The number of hydrogen-bond acceptors (Lipinski definition) is 5. The van der Waals surface area contributed by atoms with Gasteiger partial charge in [-0.05, 0) is 62.5 Å². The Kier molecular flexibility index (Phi) is 8.42. The average Bonchev–Trinajstić information content (AvgIpc) is 3.09. The first-order valence-corrected chi connectivity index (χ1v) is 12.4. The molecule has 0 spiro atoms. The van der Waals surface area contributed by atoms with Crippen LogP contribution in [-0.2, 0) is 13.0 Å². The molecule has 1 aliphatic rings. The highest BCUT2D eigenvalue weighted by molar-refractivity contribution is 6.36. The fourth-order valence-electron chi connectivity index (χ4n) is 4.35. The number of pyridine rings is 1. The number of ether oxygens (including phenoxy) is 1. The molecule has 194 valence electrons. The minimum Gasteiger partial charge on any atom is -0.416 e. The zero-order valence-corrected chi connectivity index (χ0v) is 21.8. The molecule has 2 aromatic rings. The molecule has 0 radical (unpaired) electrons. The first kappa shape index (κ1) is 27.3. The standard InChI is InChI=1S/C25H35ClF2N4O3/c1-6-32-20(17-8-7-16(13-24(3,4)5)30-22(17)35-23(27)28)18(26)19(31-32)21(33)29-14-25(34)11-9-15(2)10-12-25/h7-8,15,23,34H,6,9-14H2,1-5H3,(H,29,33). The summed E-state index contributed by atoms with van der Waals surface area (Å²) in [6.07, 6.45) is 3.57. The van der Waals surface area contributed by atoms with E-state index in [0.29, 0.717) is 37.4 Å². The summed E-state index contributed by atoms with van der Waals surface area (Å²) in [4.78, 5) is 17.3. The van der Waals surface area contributed by atoms with E-state index in [0.717, 1.165) is 12.8 Å². The molecule has 2 N–H and O–H groups in total. The molecule has 1 saturated carbocycles. The van der Waals surface area contributed by atoms with E-state index in [9.17, 15) is 18.7 Å². The van der Waals surface area contributed by atoms with E-state index in [-0.39, 0.29) is 39.8 Å². The average molecular weight is 513 g/mol. The van der Waals surface area contributed by atoms with Gasteiger partial charge in [-0.2, -0.15) is 13.9 Å². The normalized spacial score (nSPS) is 20.8. The smallest absolute Gasteiger partial charge is 0.388 e. The van der Waals surface area contributed by atoms with Crippen molar-refractivity contribution in [1.29, 1.82) is 0 Å². The number of aliphatic hydroxyl groups is 1. The highest BCUT2D eigenvalue weighted by Crippen LogP contribution is 2.38. The first-order valence-electron chi connectivity index (χ1n) is 12.0. The van der Waals surface area contributed by atoms with E-state index in [1.165, 1.54) is 4.68 Å². The second-order valence-electron chi connectivity index (χ2n) is 10.7. The predicted molar refractivity (Wildman–Crippen MR) is 131 cm³/mol. The summed E-state index contributed by atoms with van der Waals surface area (Å²) in [6.45, 7) is 7.36. The molecule has 2 heterocycles. The maximum absolute atomic E-state index is 13.2. The van der Waals surface area contributed by atoms with E-state index in [4.69, 9.17) is 16.3 Å². The lowest BCUT2D eigenvalue weighted by molar-refractivity contribution is -0.0525. The fraction of sp³-hybridized carbons (Fsp3) is 0.640. The van der Waals surface area contributed by atoms with Crippen molar-refractivity contribution < 1.29 is 23.4 Å². The summed E-state index contributed by atoms with van der Waals surface area (Å²) in [7, 11) is 0. The lowest BCUT2D eigenvalue weighted by atomic mass is 9.79. The number of aromatic nitrogens is 3. The van der Waals surface area contributed by atoms with Gasteiger partial charge in [-0.15, -0.1) is 0 Å². The molecule has 0 aromatic carbocycles. The Bertz CT molecular complexity index is 1040. The summed E-state index contributed by atoms with van der Waals surface area (Å²) in [5.41, 5.74) is -0.0148. The molecule has 7 nitrogen and oxygen atoms in total. The molecule has 1 aliphatic carbocycles. The number of aryl methyl sites for hydroxylation is 1. The monoisotopic (exact) mass is 512 g/mol. The van der Waals surface area contributed by atoms with Gasteiger partial charge >= 0.3 is 6.61 Å². The van der Waals surface area contributed by atoms with Crippen LogP contribution in [0.25, 0.3) is 11.3 Å². The Balaban J connectivity index is 1.91. The van der Waals surface area contributed by atoms with Crippen LogP contribution in [0.2, 0.25) is 5.02 Å². The largest absolute Gasteiger partial charge is 0.416 e. The van der Waals surface area contributed by atoms with E-state index >= 15 is 0 Å². The quantitative estimate of drug-likeness (QED) is 0.489. The van der Waals surface area contributed by atoms with Crippen molar-refractivity contribution in [1.82, 2.24) is 20.1 Å². The molecule has 3 rings (SSSR count). The van der Waals surface area contributed by atoms with Crippen LogP contribution in [0.4, 0.5) is 8.78 Å². The van der Waals surface area contributed by atoms with Crippen LogP contribution in [0.1, 0.15) is 76.5 Å². The van der Waals surface area contributed by atoms with Gasteiger partial charge < -0.3 is 15.2 Å². The SMILES string of the molecule is CCn1nc(C(=O)NCC2(O)CCC(C)CC2)c(Cl)c1-c1ccc(CC(C)(C)C)nc1OC(F)F. The Labute approximate surface area is 210 Å². The van der Waals surface area contributed by atoms with Crippen molar-refractivity contribution in [2.24, 2.45) is 11.3 Å². The number of rotatable bonds is 8. The Hall–Kier alpha value is -2.26. The molecule has 0 bridgehead atoms. The molecule has 0 atom stereocenters. The van der Waals surface area contributed by atoms with Crippen molar-refractivity contribution in [2.75, 3.05) is 6.54 Å². The van der Waals surface area contributed by atoms with Crippen LogP contribution in [0.5, 0.6) is 5.88 Å². The van der Waals surface area contributed by atoms with Gasteiger partial charge in [-0.25, -0.2) is 4.98 Å². The van der Waals surface area contributed by atoms with Gasteiger partial charge in [0.05, 0.1) is 21.9 Å². The van der Waals surface area contributed by atoms with Gasteiger partial charge in [0.2, 0.25) is 5.88 Å². The van der Waals surface area contributed by atoms with Crippen LogP contribution in [-0.4, -0.2) is 44.5 Å². The number of amides is 1. The zero-order chi connectivity index (χ0) is 26.0. The molecule has 2 aromatic heterocycles. The van der Waals surface area contributed by atoms with Crippen molar-refractivity contribution in [2.45, 2.75) is 85.5 Å². The predicted octanol–water partition coefficient (Wildman–Crippen LogP) is 5.48. The number of hydrogen-bond donors (Lipinski definition) is 2. The van der Waals surface area contributed by atoms with Crippen LogP contribution >= 0.6 is 11.6 Å². The van der Waals surface area contributed by atoms with Crippen LogP contribution in [0.3, 0.4) is 0 Å². The second kappa shape index (κ2) is 10.8. The van der Waals surface area contributed by atoms with E-state index in [1.807, 2.05) is 20.8 Å². The number of carbonyl (C=O) groups excluding carboxylic acids is 1. The van der Waals surface area contributed by atoms with Gasteiger partial charge in [0.1, 0.15) is 0 Å². The number of halogens is 3. The summed E-state index contributed by atoms with van der Waals surface area (Å²) < 4.78 is 32.7. The van der Waals surface area contributed by atoms with Crippen LogP contribution in [0, 0.1) is 11.3 Å². The molecular formula is C25H35ClF2N4O3. The molecule has 0 aliphatic heterocycles. The van der Waals surface area contributed by atoms with Crippen molar-refractivity contribution >= 4 is 17.5 Å². The maximum atomic E-state index is 13.2. The number of alkyl halides is 2. The molecule has 0 unspecified atom stereocenters. The minimum atomic E-state index is -3.08. The van der Waals surface area contributed by atoms with Crippen LogP contribution in [0.15, 0.2) is 12.1 Å². The van der Waals surface area contributed by atoms with E-state index < -0.39 is 18.1 Å². The first-order chi connectivity index (χ1) is 16.3. The number of nitrogens with one attached hydrogen (secondary N) is 1. The van der Waals surface area contributed by atoms with Crippen LogP contribution < -0.4 is 10.1 Å². The topological polar surface area (TPSA) is 89.3 Å². The summed E-state index contributed by atoms with van der Waals surface area (Å²) in [5, 5.41) is 17.9. The third kappa shape index (κ3) is 6.91. The van der Waals surface area contributed by atoms with Gasteiger partial charge in [0.15, 0.2) is 5.69 Å². The van der Waals surface area contributed by atoms with Gasteiger partial charge in [-0.1, -0.05) is 39.3 Å². The molecule has 1 fully saturated rings. The summed E-state index contributed by atoms with van der Waals surface area (Å²) in [6, 6.07) is 3.36. The van der Waals surface area contributed by atoms with Crippen molar-refractivity contribution in [3.63, 3.8) is 0 Å². The molecular weight excluding hydrogens is 478 g/mol. The molecule has 10 heteroatoms. The minimum absolute atomic E-state index is 0.0121. The number of carbonyl (C=O) groups is 1. The third-order valence-corrected chi connectivity index (χ3v) is 6.64.